The summed E-state index contributed by atoms with van der Waals surface area (Å²) in [5.41, 5.74) is 0.0171. The molecule has 1 atom stereocenters. The minimum absolute atomic E-state index is 0.0171. The zero-order valence-electron chi connectivity index (χ0n) is 9.75. The average Bonchev–Trinajstić information content (AvgIpc) is 2.35. The summed E-state index contributed by atoms with van der Waals surface area (Å²) >= 11 is 1.47. The van der Waals surface area contributed by atoms with E-state index in [0.29, 0.717) is 11.5 Å². The van der Waals surface area contributed by atoms with E-state index in [2.05, 4.69) is 0 Å². The fourth-order valence-electron chi connectivity index (χ4n) is 1.15. The Morgan fingerprint density at radius 3 is 2.76 bits per heavy atom. The van der Waals surface area contributed by atoms with Crippen LogP contribution in [0.5, 0.6) is 5.75 Å². The zero-order valence-corrected chi connectivity index (χ0v) is 10.6. The number of methoxy groups -OCH3 is 1. The Morgan fingerprint density at radius 2 is 2.24 bits per heavy atom. The van der Waals surface area contributed by atoms with Crippen LogP contribution in [0.1, 0.15) is 6.92 Å². The fourth-order valence-corrected chi connectivity index (χ4v) is 2.14. The fraction of sp³-hybridized carbons (Fsp3) is 0.455. The summed E-state index contributed by atoms with van der Waals surface area (Å²) in [7, 11) is 1.48. The highest BCUT2D eigenvalue weighted by Crippen LogP contribution is 2.29. The molecule has 0 radical (unpaired) electrons. The monoisotopic (exact) mass is 257 g/mol. The molecular weight excluding hydrogens is 242 g/mol. The Morgan fingerprint density at radius 1 is 1.53 bits per heavy atom. The summed E-state index contributed by atoms with van der Waals surface area (Å²) in [6.45, 7) is 2.03. The number of aliphatic hydroxyl groups is 1. The lowest BCUT2D eigenvalue weighted by atomic mass is 10.2. The van der Waals surface area contributed by atoms with Crippen molar-refractivity contribution in [2.24, 2.45) is 5.92 Å². The van der Waals surface area contributed by atoms with E-state index in [1.807, 2.05) is 6.92 Å². The van der Waals surface area contributed by atoms with Crippen LogP contribution in [0.15, 0.2) is 23.1 Å². The van der Waals surface area contributed by atoms with E-state index in [1.54, 1.807) is 6.07 Å². The molecule has 0 aliphatic heterocycles. The van der Waals surface area contributed by atoms with Crippen LogP contribution in [0.25, 0.3) is 0 Å². The van der Waals surface area contributed by atoms with E-state index in [4.69, 9.17) is 9.84 Å². The van der Waals surface area contributed by atoms with Gasteiger partial charge in [-0.25, -0.2) is 0 Å². The van der Waals surface area contributed by atoms with Gasteiger partial charge in [-0.15, -0.1) is 11.8 Å². The van der Waals surface area contributed by atoms with Crippen molar-refractivity contribution in [2.75, 3.05) is 19.5 Å². The van der Waals surface area contributed by atoms with E-state index in [-0.39, 0.29) is 18.2 Å². The van der Waals surface area contributed by atoms with E-state index in [1.165, 1.54) is 31.0 Å². The van der Waals surface area contributed by atoms with Gasteiger partial charge in [0, 0.05) is 23.3 Å². The molecule has 1 N–H and O–H groups in total. The van der Waals surface area contributed by atoms with Gasteiger partial charge >= 0.3 is 0 Å². The second-order valence-corrected chi connectivity index (χ2v) is 4.82. The Bertz CT molecular complexity index is 397. The van der Waals surface area contributed by atoms with Crippen LogP contribution in [-0.2, 0) is 0 Å². The normalized spacial score (nSPS) is 12.2. The molecule has 94 valence electrons. The third-order valence-electron chi connectivity index (χ3n) is 2.16. The van der Waals surface area contributed by atoms with Crippen LogP contribution in [-0.4, -0.2) is 29.5 Å². The number of nitro benzene ring substituents is 1. The Labute approximate surface area is 104 Å². The molecule has 0 aromatic heterocycles. The first-order chi connectivity index (χ1) is 8.06. The van der Waals surface area contributed by atoms with Gasteiger partial charge in [-0.05, 0) is 12.0 Å². The molecule has 0 fully saturated rings. The van der Waals surface area contributed by atoms with Gasteiger partial charge in [-0.1, -0.05) is 6.92 Å². The van der Waals surface area contributed by atoms with Gasteiger partial charge in [-0.2, -0.15) is 0 Å². The zero-order chi connectivity index (χ0) is 12.8. The van der Waals surface area contributed by atoms with Crippen molar-refractivity contribution in [1.82, 2.24) is 0 Å². The number of benzene rings is 1. The molecule has 0 saturated heterocycles. The molecule has 0 aliphatic rings. The van der Waals surface area contributed by atoms with Crippen molar-refractivity contribution in [2.45, 2.75) is 11.8 Å². The number of hydrogen-bond acceptors (Lipinski definition) is 5. The lowest BCUT2D eigenvalue weighted by molar-refractivity contribution is -0.385. The van der Waals surface area contributed by atoms with E-state index >= 15 is 0 Å². The molecule has 0 aliphatic carbocycles. The van der Waals surface area contributed by atoms with Crippen LogP contribution < -0.4 is 4.74 Å². The van der Waals surface area contributed by atoms with Crippen molar-refractivity contribution in [3.05, 3.63) is 28.3 Å². The summed E-state index contributed by atoms with van der Waals surface area (Å²) in [6.07, 6.45) is 0. The number of aliphatic hydroxyl groups excluding tert-OH is 1. The summed E-state index contributed by atoms with van der Waals surface area (Å²) in [4.78, 5) is 11.0. The first-order valence-electron chi connectivity index (χ1n) is 5.14. The van der Waals surface area contributed by atoms with Crippen molar-refractivity contribution in [3.63, 3.8) is 0 Å². The van der Waals surface area contributed by atoms with Gasteiger partial charge in [0.2, 0.25) is 0 Å². The van der Waals surface area contributed by atoms with Crippen LogP contribution in [0.3, 0.4) is 0 Å². The maximum Gasteiger partial charge on any atom is 0.274 e. The second-order valence-electron chi connectivity index (χ2n) is 3.72. The first-order valence-corrected chi connectivity index (χ1v) is 6.12. The van der Waals surface area contributed by atoms with E-state index in [9.17, 15) is 10.1 Å². The molecule has 0 spiro atoms. The van der Waals surface area contributed by atoms with E-state index < -0.39 is 4.92 Å². The minimum atomic E-state index is -0.442. The van der Waals surface area contributed by atoms with E-state index in [0.717, 1.165) is 4.90 Å². The number of rotatable bonds is 6. The van der Waals surface area contributed by atoms with Crippen LogP contribution in [0.2, 0.25) is 0 Å². The highest BCUT2D eigenvalue weighted by Gasteiger charge is 2.11. The molecule has 1 aromatic rings. The number of ether oxygens (including phenoxy) is 1. The quantitative estimate of drug-likeness (QED) is 0.481. The van der Waals surface area contributed by atoms with Gasteiger partial charge in [0.1, 0.15) is 5.75 Å². The maximum atomic E-state index is 10.7. The van der Waals surface area contributed by atoms with Gasteiger partial charge < -0.3 is 9.84 Å². The topological polar surface area (TPSA) is 72.6 Å². The molecule has 0 bridgehead atoms. The summed E-state index contributed by atoms with van der Waals surface area (Å²) in [6, 6.07) is 4.65. The van der Waals surface area contributed by atoms with Gasteiger partial charge in [-0.3, -0.25) is 10.1 Å². The lowest BCUT2D eigenvalue weighted by Crippen LogP contribution is -2.03. The molecule has 0 saturated carbocycles. The predicted octanol–water partition coefficient (Wildman–Crippen LogP) is 2.32. The number of nitrogens with zero attached hydrogens (tertiary/aromatic N) is 1. The molecule has 1 rings (SSSR count). The minimum Gasteiger partial charge on any atom is -0.496 e. The Balaban J connectivity index is 2.83. The summed E-state index contributed by atoms with van der Waals surface area (Å²) < 4.78 is 5.01. The van der Waals surface area contributed by atoms with Crippen LogP contribution in [0, 0.1) is 16.0 Å². The molecule has 1 aromatic carbocycles. The van der Waals surface area contributed by atoms with Crippen molar-refractivity contribution >= 4 is 17.4 Å². The Hall–Kier alpha value is -1.27. The molecule has 17 heavy (non-hydrogen) atoms. The highest BCUT2D eigenvalue weighted by atomic mass is 32.2. The Kier molecular flexibility index (Phi) is 5.24. The predicted molar refractivity (Wildman–Crippen MR) is 66.6 cm³/mol. The number of thioether (sulfide) groups is 1. The maximum absolute atomic E-state index is 10.7. The van der Waals surface area contributed by atoms with Gasteiger partial charge in [0.25, 0.3) is 5.69 Å². The molecule has 0 amide bonds. The van der Waals surface area contributed by atoms with Crippen molar-refractivity contribution in [1.29, 1.82) is 0 Å². The lowest BCUT2D eigenvalue weighted by Gasteiger charge is -2.08. The van der Waals surface area contributed by atoms with Crippen molar-refractivity contribution < 1.29 is 14.8 Å². The number of non-ortho nitro benzene ring substituents is 1. The van der Waals surface area contributed by atoms with Crippen LogP contribution in [0.4, 0.5) is 5.69 Å². The smallest absolute Gasteiger partial charge is 0.274 e. The van der Waals surface area contributed by atoms with Gasteiger partial charge in [0.05, 0.1) is 18.1 Å². The second kappa shape index (κ2) is 6.46. The summed E-state index contributed by atoms with van der Waals surface area (Å²) in [5, 5.41) is 19.6. The number of hydrogen-bond donors (Lipinski definition) is 1. The highest BCUT2D eigenvalue weighted by molar-refractivity contribution is 7.99. The molecule has 5 nitrogen and oxygen atoms in total. The summed E-state index contributed by atoms with van der Waals surface area (Å²) in [5.74, 6) is 1.34. The standard InChI is InChI=1S/C11H15NO4S/c1-8(6-13)7-17-11-4-9(12(14)15)3-10(5-11)16-2/h3-5,8,13H,6-7H2,1-2H3. The first kappa shape index (κ1) is 13.8. The third-order valence-corrected chi connectivity index (χ3v) is 3.46. The molecule has 1 unspecified atom stereocenters. The van der Waals surface area contributed by atoms with Crippen molar-refractivity contribution in [3.8, 4) is 5.75 Å². The molecular formula is C11H15NO4S. The molecule has 6 heteroatoms. The van der Waals surface area contributed by atoms with Gasteiger partial charge in [0.15, 0.2) is 0 Å². The number of nitro groups is 1. The third kappa shape index (κ3) is 4.24. The molecule has 0 heterocycles. The average molecular weight is 257 g/mol. The van der Waals surface area contributed by atoms with Crippen LogP contribution >= 0.6 is 11.8 Å². The SMILES string of the molecule is COc1cc(SCC(C)CO)cc([N+](=O)[O-])c1. The largest absolute Gasteiger partial charge is 0.496 e.